The number of aromatic nitrogens is 2. The maximum Gasteiger partial charge on any atom is 0.372 e. The van der Waals surface area contributed by atoms with Crippen LogP contribution in [0.25, 0.3) is 5.52 Å². The molecular weight excluding hydrogens is 214 g/mol. The molecule has 2 aromatic rings. The number of nitrogens with zero attached hydrogens (tertiary/aromatic N) is 2. The van der Waals surface area contributed by atoms with E-state index in [1.165, 1.54) is 18.3 Å². The first-order chi connectivity index (χ1) is 7.50. The Balaban J connectivity index is 2.87. The fraction of sp³-hybridized carbons (Fsp3) is 0. The van der Waals surface area contributed by atoms with E-state index in [-0.39, 0.29) is 17.0 Å². The smallest absolute Gasteiger partial charge is 0.372 e. The Morgan fingerprint density at radius 3 is 2.50 bits per heavy atom. The van der Waals surface area contributed by atoms with E-state index in [4.69, 9.17) is 15.9 Å². The lowest BCUT2D eigenvalue weighted by Gasteiger charge is -1.98. The van der Waals surface area contributed by atoms with Crippen LogP contribution in [0.5, 0.6) is 0 Å². The van der Waals surface area contributed by atoms with Crippen LogP contribution in [0.1, 0.15) is 21.1 Å². The molecule has 0 aromatic carbocycles. The van der Waals surface area contributed by atoms with Gasteiger partial charge in [-0.05, 0) is 12.1 Å². The van der Waals surface area contributed by atoms with Crippen molar-refractivity contribution in [2.24, 2.45) is 0 Å². The molecule has 7 heteroatoms. The molecule has 2 aromatic heterocycles. The van der Waals surface area contributed by atoms with Crippen molar-refractivity contribution in [2.75, 3.05) is 5.73 Å². The van der Waals surface area contributed by atoms with Gasteiger partial charge in [0.05, 0.1) is 5.52 Å². The van der Waals surface area contributed by atoms with Gasteiger partial charge in [-0.3, -0.25) is 4.40 Å². The van der Waals surface area contributed by atoms with Gasteiger partial charge in [0.15, 0.2) is 5.69 Å². The zero-order chi connectivity index (χ0) is 11.9. The number of carboxylic acid groups (broad SMARTS) is 2. The van der Waals surface area contributed by atoms with E-state index in [0.717, 1.165) is 4.40 Å². The van der Waals surface area contributed by atoms with Crippen molar-refractivity contribution in [3.8, 4) is 0 Å². The van der Waals surface area contributed by atoms with Crippen LogP contribution in [0.3, 0.4) is 0 Å². The van der Waals surface area contributed by atoms with Gasteiger partial charge in [-0.1, -0.05) is 0 Å². The summed E-state index contributed by atoms with van der Waals surface area (Å²) in [5, 5.41) is 17.7. The van der Waals surface area contributed by atoms with Crippen molar-refractivity contribution in [1.82, 2.24) is 9.38 Å². The third-order valence-electron chi connectivity index (χ3n) is 2.05. The van der Waals surface area contributed by atoms with Crippen LogP contribution >= 0.6 is 0 Å². The second kappa shape index (κ2) is 3.23. The Morgan fingerprint density at radius 1 is 1.25 bits per heavy atom. The van der Waals surface area contributed by atoms with Gasteiger partial charge in [0, 0.05) is 11.9 Å². The molecule has 2 rings (SSSR count). The van der Waals surface area contributed by atoms with E-state index in [9.17, 15) is 9.59 Å². The van der Waals surface area contributed by atoms with Gasteiger partial charge in [0.25, 0.3) is 0 Å². The summed E-state index contributed by atoms with van der Waals surface area (Å²) in [6.45, 7) is 0. The lowest BCUT2D eigenvalue weighted by atomic mass is 10.3. The molecule has 0 aliphatic carbocycles. The number of hydrogen-bond acceptors (Lipinski definition) is 4. The van der Waals surface area contributed by atoms with Crippen molar-refractivity contribution in [2.45, 2.75) is 0 Å². The predicted octanol–water partition coefficient (Wildman–Crippen LogP) is 0.313. The Labute approximate surface area is 88.8 Å². The number of nitrogen functional groups attached to an aromatic ring is 1. The van der Waals surface area contributed by atoms with Crippen molar-refractivity contribution < 1.29 is 19.8 Å². The monoisotopic (exact) mass is 221 g/mol. The summed E-state index contributed by atoms with van der Waals surface area (Å²) in [6.07, 6.45) is 1.32. The first-order valence-corrected chi connectivity index (χ1v) is 4.25. The fourth-order valence-corrected chi connectivity index (χ4v) is 1.41. The number of carbonyl (C=O) groups is 2. The molecular formula is C9H7N3O4. The van der Waals surface area contributed by atoms with Crippen LogP contribution < -0.4 is 5.73 Å². The number of fused-ring (bicyclic) bond motifs is 1. The van der Waals surface area contributed by atoms with Crippen LogP contribution in [0.4, 0.5) is 5.69 Å². The van der Waals surface area contributed by atoms with Gasteiger partial charge < -0.3 is 15.9 Å². The van der Waals surface area contributed by atoms with Gasteiger partial charge in [0.1, 0.15) is 0 Å². The molecule has 0 saturated carbocycles. The molecule has 0 saturated heterocycles. The third kappa shape index (κ3) is 1.34. The van der Waals surface area contributed by atoms with E-state index >= 15 is 0 Å². The number of anilines is 1. The number of aromatic carboxylic acids is 2. The second-order valence-electron chi connectivity index (χ2n) is 3.11. The first-order valence-electron chi connectivity index (χ1n) is 4.25. The average molecular weight is 221 g/mol. The highest BCUT2D eigenvalue weighted by Crippen LogP contribution is 2.15. The highest BCUT2D eigenvalue weighted by atomic mass is 16.4. The molecule has 0 spiro atoms. The van der Waals surface area contributed by atoms with Crippen molar-refractivity contribution in [3.63, 3.8) is 0 Å². The van der Waals surface area contributed by atoms with Gasteiger partial charge in [-0.25, -0.2) is 14.6 Å². The van der Waals surface area contributed by atoms with E-state index in [0.29, 0.717) is 5.69 Å². The van der Waals surface area contributed by atoms with Gasteiger partial charge in [-0.2, -0.15) is 0 Å². The summed E-state index contributed by atoms with van der Waals surface area (Å²) < 4.78 is 1.14. The Bertz CT molecular complexity index is 602. The average Bonchev–Trinajstić information content (AvgIpc) is 2.56. The number of nitrogens with two attached hydrogens (primary N) is 1. The molecule has 0 aliphatic heterocycles. The molecule has 2 heterocycles. The molecule has 0 atom stereocenters. The lowest BCUT2D eigenvalue weighted by Crippen LogP contribution is -2.04. The van der Waals surface area contributed by atoms with Gasteiger partial charge in [-0.15, -0.1) is 0 Å². The first kappa shape index (κ1) is 9.97. The van der Waals surface area contributed by atoms with E-state index in [1.807, 2.05) is 0 Å². The summed E-state index contributed by atoms with van der Waals surface area (Å²) in [7, 11) is 0. The SMILES string of the molecule is Nc1ccc2c(C(=O)O)nc(C(=O)O)n2c1. The zero-order valence-corrected chi connectivity index (χ0v) is 7.91. The topological polar surface area (TPSA) is 118 Å². The molecule has 82 valence electrons. The molecule has 0 aliphatic rings. The maximum absolute atomic E-state index is 10.8. The molecule has 0 amide bonds. The molecule has 0 radical (unpaired) electrons. The third-order valence-corrected chi connectivity index (χ3v) is 2.05. The summed E-state index contributed by atoms with van der Waals surface area (Å²) in [5.41, 5.74) is 5.70. The number of imidazole rings is 1. The van der Waals surface area contributed by atoms with Crippen LogP contribution in [-0.2, 0) is 0 Å². The largest absolute Gasteiger partial charge is 0.476 e. The quantitative estimate of drug-likeness (QED) is 0.671. The predicted molar refractivity (Wildman–Crippen MR) is 53.5 cm³/mol. The summed E-state index contributed by atoms with van der Waals surface area (Å²) in [4.78, 5) is 25.2. The van der Waals surface area contributed by atoms with Gasteiger partial charge >= 0.3 is 11.9 Å². The molecule has 7 nitrogen and oxygen atoms in total. The zero-order valence-electron chi connectivity index (χ0n) is 7.91. The minimum atomic E-state index is -1.31. The standard InChI is InChI=1S/C9H7N3O4/c10-4-1-2-5-6(8(13)14)11-7(9(15)16)12(5)3-4/h1-3H,10H2,(H,13,14)(H,15,16). The van der Waals surface area contributed by atoms with Crippen LogP contribution in [0, 0.1) is 0 Å². The van der Waals surface area contributed by atoms with E-state index < -0.39 is 11.9 Å². The van der Waals surface area contributed by atoms with Crippen molar-refractivity contribution in [1.29, 1.82) is 0 Å². The number of pyridine rings is 1. The molecule has 0 unspecified atom stereocenters. The minimum Gasteiger partial charge on any atom is -0.476 e. The van der Waals surface area contributed by atoms with Crippen molar-refractivity contribution in [3.05, 3.63) is 29.8 Å². The van der Waals surface area contributed by atoms with Crippen LogP contribution in [0.2, 0.25) is 0 Å². The van der Waals surface area contributed by atoms with Crippen LogP contribution in [-0.4, -0.2) is 31.5 Å². The Kier molecular flexibility index (Phi) is 2.01. The lowest BCUT2D eigenvalue weighted by molar-refractivity contribution is 0.0682. The minimum absolute atomic E-state index is 0.194. The number of hydrogen-bond donors (Lipinski definition) is 3. The number of carboxylic acids is 2. The Morgan fingerprint density at radius 2 is 1.94 bits per heavy atom. The normalized spacial score (nSPS) is 10.5. The summed E-state index contributed by atoms with van der Waals surface area (Å²) in [6, 6.07) is 2.90. The second-order valence-corrected chi connectivity index (χ2v) is 3.11. The highest BCUT2D eigenvalue weighted by molar-refractivity contribution is 5.97. The summed E-state index contributed by atoms with van der Waals surface area (Å²) in [5.74, 6) is -2.97. The summed E-state index contributed by atoms with van der Waals surface area (Å²) >= 11 is 0. The number of rotatable bonds is 2. The van der Waals surface area contributed by atoms with Gasteiger partial charge in [0.2, 0.25) is 5.82 Å². The molecule has 0 bridgehead atoms. The fourth-order valence-electron chi connectivity index (χ4n) is 1.41. The van der Waals surface area contributed by atoms with Crippen LogP contribution in [0.15, 0.2) is 18.3 Å². The molecule has 4 N–H and O–H groups in total. The maximum atomic E-state index is 10.8. The molecule has 16 heavy (non-hydrogen) atoms. The Hall–Kier alpha value is -2.57. The molecule has 0 fully saturated rings. The van der Waals surface area contributed by atoms with E-state index in [2.05, 4.69) is 4.98 Å². The van der Waals surface area contributed by atoms with E-state index in [1.54, 1.807) is 0 Å². The van der Waals surface area contributed by atoms with Crippen molar-refractivity contribution >= 4 is 23.1 Å². The highest BCUT2D eigenvalue weighted by Gasteiger charge is 2.20.